The van der Waals surface area contributed by atoms with Gasteiger partial charge < -0.3 is 5.32 Å². The van der Waals surface area contributed by atoms with Gasteiger partial charge in [0.15, 0.2) is 0 Å². The molecule has 1 amide bonds. The highest BCUT2D eigenvalue weighted by Crippen LogP contribution is 2.17. The van der Waals surface area contributed by atoms with Crippen molar-refractivity contribution < 1.29 is 4.79 Å². The standard InChI is InChI=1S/C9H6Cl2N2O/c1-2-3-12-9(14)6-4-8(11)13-5-7(6)10/h1,4-5H,3H2,(H,12,14). The van der Waals surface area contributed by atoms with Gasteiger partial charge in [-0.05, 0) is 6.07 Å². The predicted molar refractivity (Wildman–Crippen MR) is 55.4 cm³/mol. The Balaban J connectivity index is 2.90. The Morgan fingerprint density at radius 1 is 1.64 bits per heavy atom. The van der Waals surface area contributed by atoms with Gasteiger partial charge in [-0.3, -0.25) is 4.79 Å². The van der Waals surface area contributed by atoms with Gasteiger partial charge >= 0.3 is 0 Å². The molecule has 0 fully saturated rings. The number of hydrogen-bond acceptors (Lipinski definition) is 2. The summed E-state index contributed by atoms with van der Waals surface area (Å²) < 4.78 is 0. The number of rotatable bonds is 2. The van der Waals surface area contributed by atoms with Gasteiger partial charge in [-0.25, -0.2) is 4.98 Å². The zero-order valence-corrected chi connectivity index (χ0v) is 8.56. The molecule has 0 unspecified atom stereocenters. The van der Waals surface area contributed by atoms with Crippen LogP contribution in [0.25, 0.3) is 0 Å². The Morgan fingerprint density at radius 3 is 3.00 bits per heavy atom. The topological polar surface area (TPSA) is 42.0 Å². The Bertz CT molecular complexity index is 398. The molecule has 14 heavy (non-hydrogen) atoms. The maximum atomic E-state index is 11.4. The summed E-state index contributed by atoms with van der Waals surface area (Å²) in [6, 6.07) is 1.38. The van der Waals surface area contributed by atoms with Gasteiger partial charge in [-0.15, -0.1) is 6.42 Å². The molecule has 3 nitrogen and oxygen atoms in total. The SMILES string of the molecule is C#CCNC(=O)c1cc(Cl)ncc1Cl. The fourth-order valence-electron chi connectivity index (χ4n) is 0.814. The van der Waals surface area contributed by atoms with Crippen molar-refractivity contribution in [1.29, 1.82) is 0 Å². The van der Waals surface area contributed by atoms with Crippen LogP contribution in [0.5, 0.6) is 0 Å². The highest BCUT2D eigenvalue weighted by Gasteiger charge is 2.10. The molecular formula is C9H6Cl2N2O. The van der Waals surface area contributed by atoms with Crippen molar-refractivity contribution in [2.24, 2.45) is 0 Å². The molecule has 0 saturated heterocycles. The zero-order chi connectivity index (χ0) is 10.6. The third-order valence-electron chi connectivity index (χ3n) is 1.42. The molecule has 0 aliphatic rings. The normalized spacial score (nSPS) is 9.21. The molecule has 0 aliphatic carbocycles. The van der Waals surface area contributed by atoms with E-state index in [1.165, 1.54) is 12.3 Å². The molecule has 0 saturated carbocycles. The monoisotopic (exact) mass is 228 g/mol. The van der Waals surface area contributed by atoms with Crippen molar-refractivity contribution in [3.8, 4) is 12.3 Å². The largest absolute Gasteiger partial charge is 0.341 e. The summed E-state index contributed by atoms with van der Waals surface area (Å²) in [6.07, 6.45) is 6.30. The minimum absolute atomic E-state index is 0.148. The summed E-state index contributed by atoms with van der Waals surface area (Å²) in [6.45, 7) is 0.148. The van der Waals surface area contributed by atoms with E-state index in [1.807, 2.05) is 0 Å². The molecule has 1 heterocycles. The van der Waals surface area contributed by atoms with Crippen LogP contribution in [0.3, 0.4) is 0 Å². The van der Waals surface area contributed by atoms with Crippen LogP contribution in [0.1, 0.15) is 10.4 Å². The van der Waals surface area contributed by atoms with Gasteiger partial charge in [0.05, 0.1) is 17.1 Å². The molecule has 5 heteroatoms. The number of pyridine rings is 1. The van der Waals surface area contributed by atoms with Crippen LogP contribution >= 0.6 is 23.2 Å². The molecule has 72 valence electrons. The van der Waals surface area contributed by atoms with Crippen LogP contribution in [0.15, 0.2) is 12.3 Å². The minimum atomic E-state index is -0.364. The lowest BCUT2D eigenvalue weighted by molar-refractivity contribution is 0.0959. The van der Waals surface area contributed by atoms with E-state index in [2.05, 4.69) is 16.2 Å². The quantitative estimate of drug-likeness (QED) is 0.620. The van der Waals surface area contributed by atoms with Crippen LogP contribution in [-0.4, -0.2) is 17.4 Å². The molecular weight excluding hydrogens is 223 g/mol. The summed E-state index contributed by atoms with van der Waals surface area (Å²) in [7, 11) is 0. The van der Waals surface area contributed by atoms with E-state index in [0.29, 0.717) is 0 Å². The molecule has 0 radical (unpaired) electrons. The van der Waals surface area contributed by atoms with Gasteiger partial charge in [-0.1, -0.05) is 29.1 Å². The third kappa shape index (κ3) is 2.63. The average Bonchev–Trinajstić information content (AvgIpc) is 2.18. The Kier molecular flexibility index (Phi) is 3.75. The molecule has 0 aromatic carbocycles. The van der Waals surface area contributed by atoms with Crippen LogP contribution in [0, 0.1) is 12.3 Å². The van der Waals surface area contributed by atoms with Gasteiger partial charge in [0.2, 0.25) is 0 Å². The summed E-state index contributed by atoms with van der Waals surface area (Å²) in [4.78, 5) is 15.1. The maximum Gasteiger partial charge on any atom is 0.253 e. The van der Waals surface area contributed by atoms with Gasteiger partial charge in [0, 0.05) is 6.20 Å². The van der Waals surface area contributed by atoms with E-state index in [9.17, 15) is 4.79 Å². The molecule has 0 aliphatic heterocycles. The first-order chi connectivity index (χ1) is 6.65. The highest BCUT2D eigenvalue weighted by atomic mass is 35.5. The first-order valence-corrected chi connectivity index (χ1v) is 4.43. The van der Waals surface area contributed by atoms with Gasteiger partial charge in [0.25, 0.3) is 5.91 Å². The van der Waals surface area contributed by atoms with Crippen LogP contribution < -0.4 is 5.32 Å². The number of halogens is 2. The highest BCUT2D eigenvalue weighted by molar-refractivity contribution is 6.35. The number of nitrogens with one attached hydrogen (secondary N) is 1. The van der Waals surface area contributed by atoms with Crippen molar-refractivity contribution in [3.63, 3.8) is 0 Å². The molecule has 0 bridgehead atoms. The molecule has 1 aromatic heterocycles. The van der Waals surface area contributed by atoms with Crippen molar-refractivity contribution in [3.05, 3.63) is 28.0 Å². The van der Waals surface area contributed by atoms with E-state index in [-0.39, 0.29) is 28.2 Å². The molecule has 0 atom stereocenters. The van der Waals surface area contributed by atoms with E-state index in [1.54, 1.807) is 0 Å². The van der Waals surface area contributed by atoms with Crippen LogP contribution in [0.2, 0.25) is 10.2 Å². The third-order valence-corrected chi connectivity index (χ3v) is 1.93. The molecule has 1 rings (SSSR count). The first-order valence-electron chi connectivity index (χ1n) is 3.68. The zero-order valence-electron chi connectivity index (χ0n) is 7.05. The summed E-state index contributed by atoms with van der Waals surface area (Å²) >= 11 is 11.3. The van der Waals surface area contributed by atoms with Crippen LogP contribution in [-0.2, 0) is 0 Å². The number of carbonyl (C=O) groups excluding carboxylic acids is 1. The smallest absolute Gasteiger partial charge is 0.253 e. The number of terminal acetylenes is 1. The average molecular weight is 229 g/mol. The van der Waals surface area contributed by atoms with Crippen molar-refractivity contribution in [2.75, 3.05) is 6.54 Å². The number of amides is 1. The molecule has 1 aromatic rings. The first kappa shape index (κ1) is 10.8. The van der Waals surface area contributed by atoms with Gasteiger partial charge in [-0.2, -0.15) is 0 Å². The fraction of sp³-hybridized carbons (Fsp3) is 0.111. The lowest BCUT2D eigenvalue weighted by atomic mass is 10.2. The van der Waals surface area contributed by atoms with E-state index < -0.39 is 0 Å². The Labute approximate surface area is 91.4 Å². The number of carbonyl (C=O) groups is 1. The summed E-state index contributed by atoms with van der Waals surface area (Å²) in [5.41, 5.74) is 0.266. The molecule has 1 N–H and O–H groups in total. The van der Waals surface area contributed by atoms with Crippen molar-refractivity contribution >= 4 is 29.1 Å². The lowest BCUT2D eigenvalue weighted by Gasteiger charge is -2.03. The summed E-state index contributed by atoms with van der Waals surface area (Å²) in [5.74, 6) is 1.92. The number of hydrogen-bond donors (Lipinski definition) is 1. The van der Waals surface area contributed by atoms with E-state index in [4.69, 9.17) is 29.6 Å². The van der Waals surface area contributed by atoms with E-state index in [0.717, 1.165) is 0 Å². The Hall–Kier alpha value is -1.24. The minimum Gasteiger partial charge on any atom is -0.341 e. The predicted octanol–water partition coefficient (Wildman–Crippen LogP) is 1.75. The van der Waals surface area contributed by atoms with E-state index >= 15 is 0 Å². The van der Waals surface area contributed by atoms with Crippen LogP contribution in [0.4, 0.5) is 0 Å². The number of aromatic nitrogens is 1. The van der Waals surface area contributed by atoms with Crippen molar-refractivity contribution in [1.82, 2.24) is 10.3 Å². The number of nitrogens with zero attached hydrogens (tertiary/aromatic N) is 1. The molecule has 0 spiro atoms. The second-order valence-electron chi connectivity index (χ2n) is 2.37. The second-order valence-corrected chi connectivity index (χ2v) is 3.17. The van der Waals surface area contributed by atoms with Crippen molar-refractivity contribution in [2.45, 2.75) is 0 Å². The second kappa shape index (κ2) is 4.85. The maximum absolute atomic E-state index is 11.4. The van der Waals surface area contributed by atoms with Gasteiger partial charge in [0.1, 0.15) is 5.15 Å². The fourth-order valence-corrected chi connectivity index (χ4v) is 1.16. The Morgan fingerprint density at radius 2 is 2.36 bits per heavy atom. The summed E-state index contributed by atoms with van der Waals surface area (Å²) in [5, 5.41) is 2.92. The lowest BCUT2D eigenvalue weighted by Crippen LogP contribution is -2.23.